The summed E-state index contributed by atoms with van der Waals surface area (Å²) in [5.74, 6) is -1.01. The predicted molar refractivity (Wildman–Crippen MR) is 111 cm³/mol. The van der Waals surface area contributed by atoms with Crippen LogP contribution in [-0.2, 0) is 19.2 Å². The second kappa shape index (κ2) is 11.1. The van der Waals surface area contributed by atoms with Gasteiger partial charge in [0.2, 0.25) is 17.7 Å². The van der Waals surface area contributed by atoms with Gasteiger partial charge in [0.25, 0.3) is 0 Å². The third kappa shape index (κ3) is 7.52. The van der Waals surface area contributed by atoms with Crippen molar-refractivity contribution >= 4 is 30.1 Å². The first-order chi connectivity index (χ1) is 13.9. The van der Waals surface area contributed by atoms with Crippen LogP contribution in [0.3, 0.4) is 0 Å². The molecule has 7 heteroatoms. The lowest BCUT2D eigenvalue weighted by Gasteiger charge is -2.22. The molecule has 1 aromatic rings. The number of amides is 3. The summed E-state index contributed by atoms with van der Waals surface area (Å²) in [6, 6.07) is 7.85. The summed E-state index contributed by atoms with van der Waals surface area (Å²) >= 11 is 0. The van der Waals surface area contributed by atoms with Crippen LogP contribution in [0.15, 0.2) is 36.4 Å². The summed E-state index contributed by atoms with van der Waals surface area (Å²) in [5.41, 5.74) is 0.878. The van der Waals surface area contributed by atoms with Crippen molar-refractivity contribution in [1.82, 2.24) is 16.0 Å². The summed E-state index contributed by atoms with van der Waals surface area (Å²) in [6.45, 7) is 4.49. The average Bonchev–Trinajstić information content (AvgIpc) is 3.10. The van der Waals surface area contributed by atoms with E-state index >= 15 is 0 Å². The molecule has 7 nitrogen and oxygen atoms in total. The highest BCUT2D eigenvalue weighted by atomic mass is 16.2. The Morgan fingerprint density at radius 1 is 1.21 bits per heavy atom. The Hall–Kier alpha value is -2.96. The molecule has 0 aromatic heterocycles. The fourth-order valence-corrected chi connectivity index (χ4v) is 3.27. The summed E-state index contributed by atoms with van der Waals surface area (Å²) in [7, 11) is 0. The SMILES string of the molecule is CC(C)C[C@H](NC(=O)C=Cc1ccccc1)C(=O)N[C@H](C=O)C[C@@H]1CCNC1=O. The number of carbonyl (C=O) groups excluding carboxylic acids is 4. The van der Waals surface area contributed by atoms with Gasteiger partial charge < -0.3 is 20.7 Å². The molecule has 1 saturated heterocycles. The monoisotopic (exact) mass is 399 g/mol. The predicted octanol–water partition coefficient (Wildman–Crippen LogP) is 1.44. The van der Waals surface area contributed by atoms with Gasteiger partial charge in [-0.05, 0) is 36.8 Å². The zero-order valence-electron chi connectivity index (χ0n) is 16.9. The van der Waals surface area contributed by atoms with E-state index in [2.05, 4.69) is 16.0 Å². The second-order valence-corrected chi connectivity index (χ2v) is 7.70. The quantitative estimate of drug-likeness (QED) is 0.409. The molecule has 1 fully saturated rings. The van der Waals surface area contributed by atoms with Crippen molar-refractivity contribution in [1.29, 1.82) is 0 Å². The lowest BCUT2D eigenvalue weighted by Crippen LogP contribution is -2.50. The molecule has 1 heterocycles. The normalized spacial score (nSPS) is 18.3. The number of rotatable bonds is 10. The van der Waals surface area contributed by atoms with Crippen molar-refractivity contribution in [3.8, 4) is 0 Å². The van der Waals surface area contributed by atoms with E-state index in [1.54, 1.807) is 6.08 Å². The van der Waals surface area contributed by atoms with Gasteiger partial charge in [-0.1, -0.05) is 44.2 Å². The Kier molecular flexibility index (Phi) is 8.58. The molecule has 0 radical (unpaired) electrons. The first-order valence-electron chi connectivity index (χ1n) is 9.96. The number of aldehydes is 1. The van der Waals surface area contributed by atoms with Crippen LogP contribution in [0.1, 0.15) is 38.7 Å². The maximum Gasteiger partial charge on any atom is 0.244 e. The highest BCUT2D eigenvalue weighted by Crippen LogP contribution is 2.16. The van der Waals surface area contributed by atoms with Gasteiger partial charge in [0.05, 0.1) is 6.04 Å². The molecule has 3 amide bonds. The fourth-order valence-electron chi connectivity index (χ4n) is 3.27. The van der Waals surface area contributed by atoms with Gasteiger partial charge >= 0.3 is 0 Å². The minimum Gasteiger partial charge on any atom is -0.356 e. The molecule has 3 atom stereocenters. The average molecular weight is 399 g/mol. The van der Waals surface area contributed by atoms with Gasteiger partial charge in [-0.15, -0.1) is 0 Å². The number of carbonyl (C=O) groups is 4. The molecule has 29 heavy (non-hydrogen) atoms. The van der Waals surface area contributed by atoms with E-state index in [0.717, 1.165) is 5.56 Å². The maximum atomic E-state index is 12.7. The van der Waals surface area contributed by atoms with Crippen molar-refractivity contribution in [2.24, 2.45) is 11.8 Å². The van der Waals surface area contributed by atoms with Gasteiger partial charge in [-0.25, -0.2) is 0 Å². The van der Waals surface area contributed by atoms with Crippen molar-refractivity contribution in [2.75, 3.05) is 6.54 Å². The molecule has 156 valence electrons. The molecule has 2 rings (SSSR count). The highest BCUT2D eigenvalue weighted by molar-refractivity contribution is 5.96. The van der Waals surface area contributed by atoms with E-state index in [0.29, 0.717) is 25.7 Å². The molecular weight excluding hydrogens is 370 g/mol. The number of hydrogen-bond donors (Lipinski definition) is 3. The van der Waals surface area contributed by atoms with Crippen LogP contribution in [0.4, 0.5) is 0 Å². The Morgan fingerprint density at radius 2 is 1.93 bits per heavy atom. The van der Waals surface area contributed by atoms with E-state index in [4.69, 9.17) is 0 Å². The molecule has 1 aliphatic heterocycles. The van der Waals surface area contributed by atoms with Gasteiger partial charge in [0.15, 0.2) is 0 Å². The summed E-state index contributed by atoms with van der Waals surface area (Å²) in [6.07, 6.45) is 5.05. The largest absolute Gasteiger partial charge is 0.356 e. The van der Waals surface area contributed by atoms with Gasteiger partial charge in [0, 0.05) is 18.5 Å². The Bertz CT molecular complexity index is 746. The van der Waals surface area contributed by atoms with Crippen LogP contribution in [0.2, 0.25) is 0 Å². The zero-order chi connectivity index (χ0) is 21.2. The lowest BCUT2D eigenvalue weighted by atomic mass is 9.98. The van der Waals surface area contributed by atoms with Crippen LogP contribution in [0, 0.1) is 11.8 Å². The molecule has 0 saturated carbocycles. The van der Waals surface area contributed by atoms with E-state index in [9.17, 15) is 19.2 Å². The zero-order valence-corrected chi connectivity index (χ0v) is 16.9. The maximum absolute atomic E-state index is 12.7. The first-order valence-corrected chi connectivity index (χ1v) is 9.96. The minimum absolute atomic E-state index is 0.0934. The van der Waals surface area contributed by atoms with E-state index in [-0.39, 0.29) is 30.1 Å². The molecule has 0 unspecified atom stereocenters. The van der Waals surface area contributed by atoms with Gasteiger partial charge in [-0.3, -0.25) is 14.4 Å². The fraction of sp³-hybridized carbons (Fsp3) is 0.455. The topological polar surface area (TPSA) is 104 Å². The van der Waals surface area contributed by atoms with Crippen LogP contribution in [0.5, 0.6) is 0 Å². The molecule has 1 aliphatic rings. The van der Waals surface area contributed by atoms with Crippen molar-refractivity contribution < 1.29 is 19.2 Å². The van der Waals surface area contributed by atoms with Crippen molar-refractivity contribution in [3.05, 3.63) is 42.0 Å². The molecule has 1 aromatic carbocycles. The van der Waals surface area contributed by atoms with E-state index in [1.807, 2.05) is 44.2 Å². The summed E-state index contributed by atoms with van der Waals surface area (Å²) in [4.78, 5) is 48.1. The van der Waals surface area contributed by atoms with Crippen molar-refractivity contribution in [3.63, 3.8) is 0 Å². The molecule has 0 spiro atoms. The van der Waals surface area contributed by atoms with E-state index in [1.165, 1.54) is 6.08 Å². The number of hydrogen-bond acceptors (Lipinski definition) is 4. The Labute approximate surface area is 171 Å². The molecule has 0 aliphatic carbocycles. The molecule has 0 bridgehead atoms. The summed E-state index contributed by atoms with van der Waals surface area (Å²) in [5, 5.41) is 8.11. The second-order valence-electron chi connectivity index (χ2n) is 7.70. The van der Waals surface area contributed by atoms with Crippen LogP contribution in [0.25, 0.3) is 6.08 Å². The standard InChI is InChI=1S/C22H29N3O4/c1-15(2)12-19(25-20(27)9-8-16-6-4-3-5-7-16)22(29)24-18(14-26)13-17-10-11-23-21(17)28/h3-9,14-15,17-19H,10-13H2,1-2H3,(H,23,28)(H,24,29)(H,25,27)/t17-,18-,19-/m0/s1. The Balaban J connectivity index is 1.96. The summed E-state index contributed by atoms with van der Waals surface area (Å²) < 4.78 is 0. The highest BCUT2D eigenvalue weighted by Gasteiger charge is 2.29. The molecule has 3 N–H and O–H groups in total. The number of nitrogens with one attached hydrogen (secondary N) is 3. The number of benzene rings is 1. The molecular formula is C22H29N3O4. The smallest absolute Gasteiger partial charge is 0.244 e. The van der Waals surface area contributed by atoms with Crippen LogP contribution in [-0.4, -0.2) is 42.6 Å². The lowest BCUT2D eigenvalue weighted by molar-refractivity contribution is -0.129. The minimum atomic E-state index is -0.761. The third-order valence-corrected chi connectivity index (χ3v) is 4.76. The van der Waals surface area contributed by atoms with Crippen LogP contribution >= 0.6 is 0 Å². The van der Waals surface area contributed by atoms with E-state index < -0.39 is 18.0 Å². The van der Waals surface area contributed by atoms with Crippen LogP contribution < -0.4 is 16.0 Å². The Morgan fingerprint density at radius 3 is 2.52 bits per heavy atom. The van der Waals surface area contributed by atoms with Gasteiger partial charge in [0.1, 0.15) is 12.3 Å². The van der Waals surface area contributed by atoms with Gasteiger partial charge in [-0.2, -0.15) is 0 Å². The third-order valence-electron chi connectivity index (χ3n) is 4.76. The first kappa shape index (κ1) is 22.3. The van der Waals surface area contributed by atoms with Crippen molar-refractivity contribution in [2.45, 2.75) is 45.2 Å².